The summed E-state index contributed by atoms with van der Waals surface area (Å²) in [5, 5.41) is 12.8. The lowest BCUT2D eigenvalue weighted by Gasteiger charge is -2.11. The van der Waals surface area contributed by atoms with E-state index in [1.165, 1.54) is 17.8 Å². The van der Waals surface area contributed by atoms with Gasteiger partial charge >= 0.3 is 0 Å². The van der Waals surface area contributed by atoms with Gasteiger partial charge in [0.2, 0.25) is 0 Å². The maximum absolute atomic E-state index is 14.1. The highest BCUT2D eigenvalue weighted by Crippen LogP contribution is 2.36. The Bertz CT molecular complexity index is 1110. The molecule has 7 heteroatoms. The number of halogens is 1. The zero-order chi connectivity index (χ0) is 18.8. The summed E-state index contributed by atoms with van der Waals surface area (Å²) in [6.45, 7) is 1.93. The topological polar surface area (TPSA) is 62.8 Å². The van der Waals surface area contributed by atoms with Gasteiger partial charge in [-0.25, -0.2) is 9.37 Å². The van der Waals surface area contributed by atoms with Crippen LogP contribution in [0.5, 0.6) is 5.75 Å². The van der Waals surface area contributed by atoms with Crippen molar-refractivity contribution >= 4 is 34.2 Å². The number of hydrogen-bond acceptors (Lipinski definition) is 5. The fourth-order valence-corrected chi connectivity index (χ4v) is 3.68. The molecular formula is C20H17FN4OS. The maximum atomic E-state index is 14.1. The predicted octanol–water partition coefficient (Wildman–Crippen LogP) is 5.31. The van der Waals surface area contributed by atoms with E-state index in [0.717, 1.165) is 22.2 Å². The first-order valence-corrected chi connectivity index (χ1v) is 9.14. The number of nitrogens with one attached hydrogen (secondary N) is 2. The number of ether oxygens (including phenoxy) is 1. The number of aryl methyl sites for hydroxylation is 1. The summed E-state index contributed by atoms with van der Waals surface area (Å²) in [5.41, 5.74) is 0.945. The van der Waals surface area contributed by atoms with Crippen LogP contribution in [0.1, 0.15) is 5.69 Å². The van der Waals surface area contributed by atoms with Gasteiger partial charge in [-0.05, 0) is 48.7 Å². The Hall–Kier alpha value is -3.06. The molecule has 27 heavy (non-hydrogen) atoms. The second kappa shape index (κ2) is 7.28. The van der Waals surface area contributed by atoms with Gasteiger partial charge in [0.25, 0.3) is 0 Å². The van der Waals surface area contributed by atoms with Crippen molar-refractivity contribution in [2.24, 2.45) is 0 Å². The molecule has 2 N–H and O–H groups in total. The molecule has 2 aromatic carbocycles. The molecule has 0 unspecified atom stereocenters. The number of pyridine rings is 1. The molecule has 0 fully saturated rings. The third-order valence-corrected chi connectivity index (χ3v) is 5.06. The van der Waals surface area contributed by atoms with E-state index in [2.05, 4.69) is 20.5 Å². The largest absolute Gasteiger partial charge is 0.497 e. The zero-order valence-corrected chi connectivity index (χ0v) is 15.6. The van der Waals surface area contributed by atoms with Crippen LogP contribution in [0.15, 0.2) is 64.5 Å². The van der Waals surface area contributed by atoms with E-state index in [-0.39, 0.29) is 5.82 Å². The van der Waals surface area contributed by atoms with Crippen molar-refractivity contribution in [3.05, 3.63) is 66.1 Å². The lowest BCUT2D eigenvalue weighted by Crippen LogP contribution is -1.96. The summed E-state index contributed by atoms with van der Waals surface area (Å²) < 4.78 is 19.5. The Morgan fingerprint density at radius 3 is 2.67 bits per heavy atom. The zero-order valence-electron chi connectivity index (χ0n) is 14.8. The number of methoxy groups -OCH3 is 1. The molecule has 0 saturated heterocycles. The molecular weight excluding hydrogens is 363 g/mol. The molecule has 2 aromatic heterocycles. The van der Waals surface area contributed by atoms with Gasteiger partial charge in [-0.2, -0.15) is 5.10 Å². The monoisotopic (exact) mass is 380 g/mol. The van der Waals surface area contributed by atoms with Crippen molar-refractivity contribution in [1.82, 2.24) is 15.2 Å². The Morgan fingerprint density at radius 1 is 1.07 bits per heavy atom. The van der Waals surface area contributed by atoms with Crippen LogP contribution < -0.4 is 10.1 Å². The second-order valence-corrected chi connectivity index (χ2v) is 7.02. The van der Waals surface area contributed by atoms with Crippen LogP contribution in [-0.4, -0.2) is 22.3 Å². The van der Waals surface area contributed by atoms with Crippen molar-refractivity contribution in [2.75, 3.05) is 12.4 Å². The Labute approximate surface area is 160 Å². The van der Waals surface area contributed by atoms with Crippen molar-refractivity contribution < 1.29 is 9.13 Å². The molecule has 0 radical (unpaired) electrons. The first kappa shape index (κ1) is 17.4. The van der Waals surface area contributed by atoms with Crippen molar-refractivity contribution in [1.29, 1.82) is 0 Å². The van der Waals surface area contributed by atoms with Gasteiger partial charge < -0.3 is 10.1 Å². The van der Waals surface area contributed by atoms with Gasteiger partial charge in [-0.3, -0.25) is 5.10 Å². The van der Waals surface area contributed by atoms with Crippen LogP contribution >= 0.6 is 11.8 Å². The number of hydrogen-bond donors (Lipinski definition) is 2. The summed E-state index contributed by atoms with van der Waals surface area (Å²) in [5.74, 6) is 1.77. The Morgan fingerprint density at radius 2 is 1.93 bits per heavy atom. The quantitative estimate of drug-likeness (QED) is 0.491. The standard InChI is InChI=1S/C20H17FN4OS/c1-12-9-19(25-24-12)22-18-11-13-10-14(26-2)7-8-15(13)20(23-18)27-17-6-4-3-5-16(17)21/h3-11H,1-2H3,(H2,22,23,24,25). The SMILES string of the molecule is COc1ccc2c(Sc3ccccc3F)nc(Nc3cc(C)[nH]n3)cc2c1. The lowest BCUT2D eigenvalue weighted by molar-refractivity contribution is 0.415. The van der Waals surface area contributed by atoms with E-state index in [1.807, 2.05) is 43.3 Å². The summed E-state index contributed by atoms with van der Waals surface area (Å²) in [6, 6.07) is 16.2. The Kier molecular flexibility index (Phi) is 4.68. The summed E-state index contributed by atoms with van der Waals surface area (Å²) in [7, 11) is 1.63. The third-order valence-electron chi connectivity index (χ3n) is 4.01. The number of benzene rings is 2. The first-order chi connectivity index (χ1) is 13.1. The highest BCUT2D eigenvalue weighted by atomic mass is 32.2. The predicted molar refractivity (Wildman–Crippen MR) is 105 cm³/mol. The first-order valence-electron chi connectivity index (χ1n) is 8.32. The van der Waals surface area contributed by atoms with Gasteiger partial charge in [0.15, 0.2) is 5.82 Å². The molecule has 5 nitrogen and oxygen atoms in total. The minimum atomic E-state index is -0.271. The molecule has 0 aliphatic heterocycles. The molecule has 0 aliphatic rings. The van der Waals surface area contributed by atoms with Gasteiger partial charge in [0.1, 0.15) is 22.4 Å². The molecule has 0 saturated carbocycles. The number of H-pyrrole nitrogens is 1. The summed E-state index contributed by atoms with van der Waals surface area (Å²) in [6.07, 6.45) is 0. The molecule has 0 spiro atoms. The Balaban J connectivity index is 1.80. The van der Waals surface area contributed by atoms with E-state index >= 15 is 0 Å². The van der Waals surface area contributed by atoms with E-state index in [9.17, 15) is 4.39 Å². The molecule has 0 amide bonds. The lowest BCUT2D eigenvalue weighted by atomic mass is 10.1. The number of fused-ring (bicyclic) bond motifs is 1. The number of nitrogens with zero attached hydrogens (tertiary/aromatic N) is 2. The fraction of sp³-hybridized carbons (Fsp3) is 0.100. The van der Waals surface area contributed by atoms with Crippen LogP contribution in [0.3, 0.4) is 0 Å². The smallest absolute Gasteiger partial charge is 0.153 e. The average molecular weight is 380 g/mol. The molecule has 4 aromatic rings. The molecule has 4 rings (SSSR count). The number of aromatic amines is 1. The summed E-state index contributed by atoms with van der Waals surface area (Å²) >= 11 is 1.29. The molecule has 136 valence electrons. The summed E-state index contributed by atoms with van der Waals surface area (Å²) in [4.78, 5) is 5.21. The number of aromatic nitrogens is 3. The maximum Gasteiger partial charge on any atom is 0.153 e. The minimum Gasteiger partial charge on any atom is -0.497 e. The van der Waals surface area contributed by atoms with Gasteiger partial charge in [-0.1, -0.05) is 23.9 Å². The average Bonchev–Trinajstić information content (AvgIpc) is 3.07. The van der Waals surface area contributed by atoms with E-state index in [1.54, 1.807) is 19.2 Å². The van der Waals surface area contributed by atoms with Gasteiger partial charge in [-0.15, -0.1) is 0 Å². The van der Waals surface area contributed by atoms with Crippen molar-refractivity contribution in [2.45, 2.75) is 16.8 Å². The minimum absolute atomic E-state index is 0.271. The van der Waals surface area contributed by atoms with Crippen LogP contribution in [0, 0.1) is 12.7 Å². The van der Waals surface area contributed by atoms with Crippen LogP contribution in [0.2, 0.25) is 0 Å². The van der Waals surface area contributed by atoms with Crippen LogP contribution in [-0.2, 0) is 0 Å². The van der Waals surface area contributed by atoms with Crippen molar-refractivity contribution in [3.63, 3.8) is 0 Å². The fourth-order valence-electron chi connectivity index (χ4n) is 2.72. The van der Waals surface area contributed by atoms with E-state index in [4.69, 9.17) is 4.74 Å². The molecule has 0 atom stereocenters. The van der Waals surface area contributed by atoms with Crippen LogP contribution in [0.25, 0.3) is 10.8 Å². The molecule has 0 aliphatic carbocycles. The van der Waals surface area contributed by atoms with Crippen molar-refractivity contribution in [3.8, 4) is 5.75 Å². The molecule has 0 bridgehead atoms. The number of rotatable bonds is 5. The highest BCUT2D eigenvalue weighted by molar-refractivity contribution is 7.99. The van der Waals surface area contributed by atoms with Crippen LogP contribution in [0.4, 0.5) is 16.0 Å². The second-order valence-electron chi connectivity index (χ2n) is 5.99. The van der Waals surface area contributed by atoms with Gasteiger partial charge in [0, 0.05) is 22.0 Å². The van der Waals surface area contributed by atoms with Gasteiger partial charge in [0.05, 0.1) is 7.11 Å². The number of anilines is 2. The van der Waals surface area contributed by atoms with E-state index < -0.39 is 0 Å². The third kappa shape index (κ3) is 3.73. The molecule has 2 heterocycles. The highest BCUT2D eigenvalue weighted by Gasteiger charge is 2.12. The normalized spacial score (nSPS) is 10.9. The van der Waals surface area contributed by atoms with E-state index in [0.29, 0.717) is 21.6 Å².